The number of piperazine rings is 1. The average molecular weight is 333 g/mol. The van der Waals surface area contributed by atoms with Gasteiger partial charge in [-0.25, -0.2) is 4.98 Å². The molecule has 2 aromatic carbocycles. The minimum atomic E-state index is 0.813. The van der Waals surface area contributed by atoms with Crippen LogP contribution in [0.1, 0.15) is 6.92 Å². The summed E-state index contributed by atoms with van der Waals surface area (Å²) < 4.78 is 0. The zero-order valence-electron chi connectivity index (χ0n) is 14.5. The van der Waals surface area contributed by atoms with Gasteiger partial charge in [0.2, 0.25) is 5.95 Å². The molecule has 0 saturated carbocycles. The number of rotatable bonds is 4. The van der Waals surface area contributed by atoms with Crippen LogP contribution in [-0.4, -0.2) is 47.6 Å². The summed E-state index contributed by atoms with van der Waals surface area (Å²) in [5.41, 5.74) is 2.01. The van der Waals surface area contributed by atoms with Crippen LogP contribution < -0.4 is 10.2 Å². The molecular formula is C20H23N5. The Kier molecular flexibility index (Phi) is 4.48. The number of likely N-dealkylation sites (N-methyl/N-ethyl adjacent to an activating group) is 1. The third-order valence-corrected chi connectivity index (χ3v) is 4.73. The highest BCUT2D eigenvalue weighted by Crippen LogP contribution is 2.26. The van der Waals surface area contributed by atoms with Gasteiger partial charge in [0.1, 0.15) is 5.82 Å². The molecule has 1 aliphatic heterocycles. The lowest BCUT2D eigenvalue weighted by Gasteiger charge is -2.34. The Balaban J connectivity index is 1.69. The van der Waals surface area contributed by atoms with Crippen molar-refractivity contribution in [1.29, 1.82) is 0 Å². The first-order valence-corrected chi connectivity index (χ1v) is 8.89. The molecule has 1 fully saturated rings. The van der Waals surface area contributed by atoms with Gasteiger partial charge in [0, 0.05) is 37.3 Å². The smallest absolute Gasteiger partial charge is 0.227 e. The molecule has 0 radical (unpaired) electrons. The van der Waals surface area contributed by atoms with Crippen molar-refractivity contribution in [3.8, 4) is 0 Å². The van der Waals surface area contributed by atoms with Crippen molar-refractivity contribution in [2.45, 2.75) is 6.92 Å². The van der Waals surface area contributed by atoms with Gasteiger partial charge in [-0.1, -0.05) is 37.3 Å². The fourth-order valence-corrected chi connectivity index (χ4v) is 3.22. The summed E-state index contributed by atoms with van der Waals surface area (Å²) in [7, 11) is 0. The quantitative estimate of drug-likeness (QED) is 0.791. The maximum Gasteiger partial charge on any atom is 0.227 e. The van der Waals surface area contributed by atoms with Crippen molar-refractivity contribution >= 4 is 28.4 Å². The molecule has 1 aromatic heterocycles. The first-order valence-electron chi connectivity index (χ1n) is 8.89. The molecule has 128 valence electrons. The van der Waals surface area contributed by atoms with Gasteiger partial charge >= 0.3 is 0 Å². The maximum atomic E-state index is 4.86. The molecule has 0 amide bonds. The summed E-state index contributed by atoms with van der Waals surface area (Å²) in [6.45, 7) is 7.38. The average Bonchev–Trinajstić information content (AvgIpc) is 2.69. The van der Waals surface area contributed by atoms with Crippen LogP contribution >= 0.6 is 0 Å². The number of fused-ring (bicyclic) bond motifs is 1. The number of hydrogen-bond donors (Lipinski definition) is 1. The Bertz CT molecular complexity index is 841. The normalized spacial score (nSPS) is 15.5. The maximum absolute atomic E-state index is 4.86. The van der Waals surface area contributed by atoms with Crippen LogP contribution in [0.3, 0.4) is 0 Å². The van der Waals surface area contributed by atoms with Gasteiger partial charge in [-0.2, -0.15) is 4.98 Å². The molecule has 25 heavy (non-hydrogen) atoms. The molecular weight excluding hydrogens is 310 g/mol. The van der Waals surface area contributed by atoms with Crippen molar-refractivity contribution < 1.29 is 0 Å². The summed E-state index contributed by atoms with van der Waals surface area (Å²) in [6.07, 6.45) is 0. The van der Waals surface area contributed by atoms with Crippen molar-refractivity contribution in [2.75, 3.05) is 42.9 Å². The lowest BCUT2D eigenvalue weighted by Crippen LogP contribution is -2.46. The van der Waals surface area contributed by atoms with Crippen LogP contribution in [-0.2, 0) is 0 Å². The summed E-state index contributed by atoms with van der Waals surface area (Å²) in [6, 6.07) is 18.3. The Morgan fingerprint density at radius 1 is 0.880 bits per heavy atom. The van der Waals surface area contributed by atoms with Gasteiger partial charge in [0.25, 0.3) is 0 Å². The van der Waals surface area contributed by atoms with E-state index in [1.807, 2.05) is 30.3 Å². The SMILES string of the molecule is CCN1CCN(c2nc(Nc3ccccc3)c3ccccc3n2)CC1. The molecule has 0 bridgehead atoms. The minimum absolute atomic E-state index is 0.813. The second kappa shape index (κ2) is 7.07. The van der Waals surface area contributed by atoms with Crippen molar-refractivity contribution in [3.05, 3.63) is 54.6 Å². The molecule has 5 heteroatoms. The molecule has 1 saturated heterocycles. The standard InChI is InChI=1S/C20H23N5/c1-2-24-12-14-25(15-13-24)20-22-18-11-7-6-10-17(18)19(23-20)21-16-8-4-3-5-9-16/h3-11H,2,12-15H2,1H3,(H,21,22,23). The predicted octanol–water partition coefficient (Wildman–Crippen LogP) is 3.52. The van der Waals surface area contributed by atoms with Crippen LogP contribution in [0, 0.1) is 0 Å². The van der Waals surface area contributed by atoms with E-state index in [0.29, 0.717) is 0 Å². The van der Waals surface area contributed by atoms with E-state index in [1.165, 1.54) is 0 Å². The molecule has 0 atom stereocenters. The minimum Gasteiger partial charge on any atom is -0.340 e. The Morgan fingerprint density at radius 3 is 2.36 bits per heavy atom. The highest BCUT2D eigenvalue weighted by Gasteiger charge is 2.19. The number of benzene rings is 2. The predicted molar refractivity (Wildman–Crippen MR) is 104 cm³/mol. The van der Waals surface area contributed by atoms with Crippen molar-refractivity contribution in [3.63, 3.8) is 0 Å². The Labute approximate surface area is 148 Å². The summed E-state index contributed by atoms with van der Waals surface area (Å²) in [5, 5.41) is 4.50. The van der Waals surface area contributed by atoms with E-state index in [4.69, 9.17) is 9.97 Å². The molecule has 0 unspecified atom stereocenters. The molecule has 0 aliphatic carbocycles. The van der Waals surface area contributed by atoms with E-state index in [0.717, 1.165) is 61.1 Å². The molecule has 3 aromatic rings. The highest BCUT2D eigenvalue weighted by molar-refractivity contribution is 5.91. The van der Waals surface area contributed by atoms with E-state index < -0.39 is 0 Å². The topological polar surface area (TPSA) is 44.3 Å². The third kappa shape index (κ3) is 3.42. The van der Waals surface area contributed by atoms with Gasteiger partial charge in [-0.15, -0.1) is 0 Å². The zero-order chi connectivity index (χ0) is 17.1. The largest absolute Gasteiger partial charge is 0.340 e. The van der Waals surface area contributed by atoms with Crippen LogP contribution in [0.15, 0.2) is 54.6 Å². The first-order chi connectivity index (χ1) is 12.3. The van der Waals surface area contributed by atoms with E-state index in [-0.39, 0.29) is 0 Å². The second-order valence-electron chi connectivity index (χ2n) is 6.30. The molecule has 1 aliphatic rings. The van der Waals surface area contributed by atoms with Gasteiger partial charge < -0.3 is 15.1 Å². The lowest BCUT2D eigenvalue weighted by atomic mass is 10.2. The number of hydrogen-bond acceptors (Lipinski definition) is 5. The molecule has 1 N–H and O–H groups in total. The lowest BCUT2D eigenvalue weighted by molar-refractivity contribution is 0.270. The Hall–Kier alpha value is -2.66. The number of anilines is 3. The third-order valence-electron chi connectivity index (χ3n) is 4.73. The first kappa shape index (κ1) is 15.8. The fraction of sp³-hybridized carbons (Fsp3) is 0.300. The number of nitrogens with one attached hydrogen (secondary N) is 1. The molecule has 4 rings (SSSR count). The number of aromatic nitrogens is 2. The van der Waals surface area contributed by atoms with Crippen molar-refractivity contribution in [1.82, 2.24) is 14.9 Å². The summed E-state index contributed by atoms with van der Waals surface area (Å²) >= 11 is 0. The van der Waals surface area contributed by atoms with Gasteiger partial charge in [0.05, 0.1) is 5.52 Å². The van der Waals surface area contributed by atoms with E-state index in [2.05, 4.69) is 46.3 Å². The number of nitrogens with zero attached hydrogens (tertiary/aromatic N) is 4. The van der Waals surface area contributed by atoms with Gasteiger partial charge in [-0.3, -0.25) is 0 Å². The molecule has 2 heterocycles. The number of para-hydroxylation sites is 2. The van der Waals surface area contributed by atoms with Crippen LogP contribution in [0.2, 0.25) is 0 Å². The van der Waals surface area contributed by atoms with Gasteiger partial charge in [0.15, 0.2) is 0 Å². The van der Waals surface area contributed by atoms with Crippen LogP contribution in [0.4, 0.5) is 17.5 Å². The molecule has 5 nitrogen and oxygen atoms in total. The fourth-order valence-electron chi connectivity index (χ4n) is 3.22. The molecule has 0 spiro atoms. The summed E-state index contributed by atoms with van der Waals surface area (Å²) in [5.74, 6) is 1.68. The highest BCUT2D eigenvalue weighted by atomic mass is 15.3. The second-order valence-corrected chi connectivity index (χ2v) is 6.30. The van der Waals surface area contributed by atoms with E-state index >= 15 is 0 Å². The summed E-state index contributed by atoms with van der Waals surface area (Å²) in [4.78, 5) is 14.4. The zero-order valence-corrected chi connectivity index (χ0v) is 14.5. The monoisotopic (exact) mass is 333 g/mol. The van der Waals surface area contributed by atoms with Crippen LogP contribution in [0.5, 0.6) is 0 Å². The Morgan fingerprint density at radius 2 is 1.60 bits per heavy atom. The van der Waals surface area contributed by atoms with Crippen LogP contribution in [0.25, 0.3) is 10.9 Å². The van der Waals surface area contributed by atoms with E-state index in [1.54, 1.807) is 0 Å². The van der Waals surface area contributed by atoms with E-state index in [9.17, 15) is 0 Å². The van der Waals surface area contributed by atoms with Crippen molar-refractivity contribution in [2.24, 2.45) is 0 Å². The van der Waals surface area contributed by atoms with Gasteiger partial charge in [-0.05, 0) is 30.8 Å².